The van der Waals surface area contributed by atoms with E-state index in [1.54, 1.807) is 0 Å². The molecule has 0 aliphatic rings. The first-order valence-corrected chi connectivity index (χ1v) is 20.2. The fourth-order valence-electron chi connectivity index (χ4n) is 8.77. The van der Waals surface area contributed by atoms with Crippen LogP contribution in [-0.2, 0) is 5.54 Å². The molecule has 1 aromatic heterocycles. The molecule has 0 saturated heterocycles. The lowest BCUT2D eigenvalue weighted by Crippen LogP contribution is -2.21. The first-order valence-electron chi connectivity index (χ1n) is 20.2. The summed E-state index contributed by atoms with van der Waals surface area (Å²) in [4.78, 5) is 2.32. The summed E-state index contributed by atoms with van der Waals surface area (Å²) in [5.41, 5.74) is 15.6. The van der Waals surface area contributed by atoms with Crippen LogP contribution in [0.2, 0.25) is 0 Å². The standard InChI is InChI=1S/C56H44N2/c1-56(2,3)58-54-21-13-12-20-52(54)53-38-44(30-37-55(53)58)49-36-35-48(50-18-10-11-19-51(49)50)43-24-22-40(23-25-43)42-28-33-47(34-29-42)57(45-16-8-5-9-17-45)46-31-26-41(27-32-46)39-14-6-4-7-15-39/h4-38H,1-3H3. The summed E-state index contributed by atoms with van der Waals surface area (Å²) in [6, 6.07) is 77.2. The van der Waals surface area contributed by atoms with E-state index in [-0.39, 0.29) is 5.54 Å². The summed E-state index contributed by atoms with van der Waals surface area (Å²) >= 11 is 0. The second kappa shape index (κ2) is 14.4. The van der Waals surface area contributed by atoms with Gasteiger partial charge >= 0.3 is 0 Å². The van der Waals surface area contributed by atoms with Crippen molar-refractivity contribution >= 4 is 49.6 Å². The van der Waals surface area contributed by atoms with Crippen molar-refractivity contribution in [2.75, 3.05) is 4.90 Å². The van der Waals surface area contributed by atoms with Crippen molar-refractivity contribution < 1.29 is 0 Å². The summed E-state index contributed by atoms with van der Waals surface area (Å²) in [7, 11) is 0. The summed E-state index contributed by atoms with van der Waals surface area (Å²) in [5, 5.41) is 5.11. The first-order chi connectivity index (χ1) is 28.4. The van der Waals surface area contributed by atoms with Crippen LogP contribution in [-0.4, -0.2) is 4.57 Å². The molecule has 58 heavy (non-hydrogen) atoms. The lowest BCUT2D eigenvalue weighted by atomic mass is 9.91. The first kappa shape index (κ1) is 35.3. The summed E-state index contributed by atoms with van der Waals surface area (Å²) in [6.07, 6.45) is 0. The van der Waals surface area contributed by atoms with Gasteiger partial charge in [0.05, 0.1) is 0 Å². The van der Waals surface area contributed by atoms with E-state index in [9.17, 15) is 0 Å². The molecule has 0 fully saturated rings. The molecule has 0 radical (unpaired) electrons. The van der Waals surface area contributed by atoms with Crippen LogP contribution in [0.25, 0.3) is 77.1 Å². The monoisotopic (exact) mass is 744 g/mol. The zero-order valence-electron chi connectivity index (χ0n) is 33.1. The third-order valence-electron chi connectivity index (χ3n) is 11.5. The zero-order valence-corrected chi connectivity index (χ0v) is 33.1. The summed E-state index contributed by atoms with van der Waals surface area (Å²) in [6.45, 7) is 6.86. The average Bonchev–Trinajstić information content (AvgIpc) is 3.62. The third kappa shape index (κ3) is 6.33. The Balaban J connectivity index is 0.957. The Morgan fingerprint density at radius 2 is 0.707 bits per heavy atom. The molecule has 0 bridgehead atoms. The van der Waals surface area contributed by atoms with E-state index in [0.717, 1.165) is 17.1 Å². The van der Waals surface area contributed by atoms with E-state index in [4.69, 9.17) is 0 Å². The highest BCUT2D eigenvalue weighted by Gasteiger charge is 2.21. The molecule has 0 spiro atoms. The Bertz CT molecular complexity index is 3040. The Morgan fingerprint density at radius 3 is 1.28 bits per heavy atom. The number of benzene rings is 9. The van der Waals surface area contributed by atoms with E-state index < -0.39 is 0 Å². The number of para-hydroxylation sites is 2. The van der Waals surface area contributed by atoms with Crippen molar-refractivity contribution in [1.82, 2.24) is 4.57 Å². The molecule has 0 aliphatic carbocycles. The highest BCUT2D eigenvalue weighted by molar-refractivity contribution is 6.11. The molecule has 0 unspecified atom stereocenters. The van der Waals surface area contributed by atoms with Crippen molar-refractivity contribution in [3.05, 3.63) is 212 Å². The van der Waals surface area contributed by atoms with Crippen LogP contribution < -0.4 is 4.90 Å². The summed E-state index contributed by atoms with van der Waals surface area (Å²) < 4.78 is 2.48. The Hall–Kier alpha value is -7.16. The quantitative estimate of drug-likeness (QED) is 0.158. The molecular formula is C56H44N2. The fraction of sp³-hybridized carbons (Fsp3) is 0.0714. The van der Waals surface area contributed by atoms with Gasteiger partial charge in [-0.2, -0.15) is 0 Å². The van der Waals surface area contributed by atoms with Crippen molar-refractivity contribution in [2.45, 2.75) is 26.3 Å². The normalized spacial score (nSPS) is 11.7. The molecule has 278 valence electrons. The number of rotatable bonds is 7. The molecule has 9 aromatic carbocycles. The summed E-state index contributed by atoms with van der Waals surface area (Å²) in [5.74, 6) is 0. The van der Waals surface area contributed by atoms with Crippen molar-refractivity contribution in [1.29, 1.82) is 0 Å². The Kier molecular flexibility index (Phi) is 8.76. The topological polar surface area (TPSA) is 8.17 Å². The maximum absolute atomic E-state index is 2.48. The molecule has 0 saturated carbocycles. The molecule has 2 nitrogen and oxygen atoms in total. The molecule has 0 N–H and O–H groups in total. The van der Waals surface area contributed by atoms with Gasteiger partial charge in [-0.15, -0.1) is 0 Å². The number of aromatic nitrogens is 1. The van der Waals surface area contributed by atoms with Crippen LogP contribution in [0.3, 0.4) is 0 Å². The maximum atomic E-state index is 2.48. The highest BCUT2D eigenvalue weighted by Crippen LogP contribution is 2.41. The zero-order chi connectivity index (χ0) is 39.2. The van der Waals surface area contributed by atoms with E-state index in [1.807, 2.05) is 0 Å². The molecule has 0 amide bonds. The fourth-order valence-corrected chi connectivity index (χ4v) is 8.77. The van der Waals surface area contributed by atoms with Gasteiger partial charge in [0.15, 0.2) is 0 Å². The van der Waals surface area contributed by atoms with Gasteiger partial charge in [-0.3, -0.25) is 0 Å². The van der Waals surface area contributed by atoms with Gasteiger partial charge in [0.1, 0.15) is 0 Å². The SMILES string of the molecule is CC(C)(C)n1c2ccccc2c2cc(-c3ccc(-c4ccc(-c5ccc(N(c6ccccc6)c6ccc(-c7ccccc7)cc6)cc5)cc4)c4ccccc34)ccc21. The highest BCUT2D eigenvalue weighted by atomic mass is 15.1. The molecule has 10 rings (SSSR count). The second-order valence-electron chi connectivity index (χ2n) is 16.2. The number of hydrogen-bond donors (Lipinski definition) is 0. The van der Waals surface area contributed by atoms with Gasteiger partial charge in [0.2, 0.25) is 0 Å². The minimum Gasteiger partial charge on any atom is -0.335 e. The van der Waals surface area contributed by atoms with Gasteiger partial charge in [0, 0.05) is 44.4 Å². The second-order valence-corrected chi connectivity index (χ2v) is 16.2. The van der Waals surface area contributed by atoms with E-state index in [2.05, 4.69) is 243 Å². The number of nitrogens with zero attached hydrogens (tertiary/aromatic N) is 2. The lowest BCUT2D eigenvalue weighted by Gasteiger charge is -2.26. The van der Waals surface area contributed by atoms with E-state index in [0.29, 0.717) is 0 Å². The maximum Gasteiger partial charge on any atom is 0.0496 e. The van der Waals surface area contributed by atoms with Crippen LogP contribution in [0.5, 0.6) is 0 Å². The van der Waals surface area contributed by atoms with Crippen molar-refractivity contribution in [3.8, 4) is 44.5 Å². The van der Waals surface area contributed by atoms with Gasteiger partial charge in [-0.25, -0.2) is 0 Å². The smallest absolute Gasteiger partial charge is 0.0496 e. The third-order valence-corrected chi connectivity index (χ3v) is 11.5. The Labute approximate surface area is 340 Å². The molecular weight excluding hydrogens is 701 g/mol. The van der Waals surface area contributed by atoms with Gasteiger partial charge in [-0.1, -0.05) is 158 Å². The van der Waals surface area contributed by atoms with Gasteiger partial charge in [0.25, 0.3) is 0 Å². The molecule has 2 heteroatoms. The number of fused-ring (bicyclic) bond motifs is 4. The minimum atomic E-state index is -0.0314. The van der Waals surface area contributed by atoms with Crippen LogP contribution >= 0.6 is 0 Å². The van der Waals surface area contributed by atoms with E-state index in [1.165, 1.54) is 77.1 Å². The van der Waals surface area contributed by atoms with Gasteiger partial charge in [-0.05, 0) is 131 Å². The number of hydrogen-bond acceptors (Lipinski definition) is 1. The average molecular weight is 745 g/mol. The van der Waals surface area contributed by atoms with Crippen LogP contribution in [0.15, 0.2) is 212 Å². The lowest BCUT2D eigenvalue weighted by molar-refractivity contribution is 0.423. The van der Waals surface area contributed by atoms with Gasteiger partial charge < -0.3 is 9.47 Å². The minimum absolute atomic E-state index is 0.0314. The molecule has 10 aromatic rings. The van der Waals surface area contributed by atoms with Crippen LogP contribution in [0.4, 0.5) is 17.1 Å². The number of anilines is 3. The Morgan fingerprint density at radius 1 is 0.310 bits per heavy atom. The van der Waals surface area contributed by atoms with Crippen molar-refractivity contribution in [3.63, 3.8) is 0 Å². The van der Waals surface area contributed by atoms with Crippen LogP contribution in [0.1, 0.15) is 20.8 Å². The predicted octanol–water partition coefficient (Wildman–Crippen LogP) is 15.8. The van der Waals surface area contributed by atoms with E-state index >= 15 is 0 Å². The largest absolute Gasteiger partial charge is 0.335 e. The predicted molar refractivity (Wildman–Crippen MR) is 248 cm³/mol. The molecule has 0 atom stereocenters. The van der Waals surface area contributed by atoms with Crippen molar-refractivity contribution in [2.24, 2.45) is 0 Å². The molecule has 0 aliphatic heterocycles. The molecule has 1 heterocycles. The van der Waals surface area contributed by atoms with Crippen LogP contribution in [0, 0.1) is 0 Å².